The molecule has 2 aliphatic rings. The summed E-state index contributed by atoms with van der Waals surface area (Å²) >= 11 is 6.12. The van der Waals surface area contributed by atoms with E-state index in [2.05, 4.69) is 15.0 Å². The van der Waals surface area contributed by atoms with Gasteiger partial charge in [0.1, 0.15) is 17.5 Å². The quantitative estimate of drug-likeness (QED) is 0.630. The summed E-state index contributed by atoms with van der Waals surface area (Å²) in [6.07, 6.45) is 3.04. The van der Waals surface area contributed by atoms with Gasteiger partial charge in [-0.25, -0.2) is 15.0 Å². The number of hydrogen-bond donors (Lipinski definition) is 1. The Bertz CT molecular complexity index is 1170. The number of benzene rings is 1. The van der Waals surface area contributed by atoms with Gasteiger partial charge in [0.2, 0.25) is 5.95 Å². The number of halogens is 2. The lowest BCUT2D eigenvalue weighted by atomic mass is 9.81. The van der Waals surface area contributed by atoms with Crippen LogP contribution in [0.3, 0.4) is 0 Å². The molecular formula is C20H14ClFN4O2. The van der Waals surface area contributed by atoms with E-state index in [1.54, 1.807) is 30.5 Å². The number of aryl methyl sites for hydroxylation is 1. The van der Waals surface area contributed by atoms with Crippen molar-refractivity contribution in [1.82, 2.24) is 9.97 Å². The normalized spacial score (nSPS) is 19.5. The third-order valence-corrected chi connectivity index (χ3v) is 5.15. The number of hydrogen-bond acceptors (Lipinski definition) is 6. The molecule has 0 amide bonds. The number of fused-ring (bicyclic) bond motifs is 4. The molecule has 1 aromatic carbocycles. The smallest absolute Gasteiger partial charge is 0.283 e. The van der Waals surface area contributed by atoms with Crippen LogP contribution in [0.4, 0.5) is 4.39 Å². The van der Waals surface area contributed by atoms with Gasteiger partial charge in [-0.2, -0.15) is 4.39 Å². The highest BCUT2D eigenvalue weighted by atomic mass is 35.5. The van der Waals surface area contributed by atoms with Crippen molar-refractivity contribution in [2.24, 2.45) is 10.7 Å². The number of aliphatic imine (C=N–C) groups is 1. The van der Waals surface area contributed by atoms with Gasteiger partial charge < -0.3 is 15.2 Å². The molecule has 0 bridgehead atoms. The second-order valence-corrected chi connectivity index (χ2v) is 7.15. The summed E-state index contributed by atoms with van der Waals surface area (Å²) in [7, 11) is 0. The Labute approximate surface area is 164 Å². The number of aromatic nitrogens is 2. The number of rotatable bonds is 1. The van der Waals surface area contributed by atoms with Gasteiger partial charge in [0, 0.05) is 22.9 Å². The van der Waals surface area contributed by atoms with E-state index in [0.29, 0.717) is 38.9 Å². The van der Waals surface area contributed by atoms with E-state index in [4.69, 9.17) is 26.8 Å². The Morgan fingerprint density at radius 2 is 1.93 bits per heavy atom. The van der Waals surface area contributed by atoms with Crippen molar-refractivity contribution in [2.75, 3.05) is 6.61 Å². The molecule has 2 aliphatic heterocycles. The zero-order valence-electron chi connectivity index (χ0n) is 14.7. The van der Waals surface area contributed by atoms with Gasteiger partial charge in [0.05, 0.1) is 6.20 Å². The third kappa shape index (κ3) is 2.43. The van der Waals surface area contributed by atoms with Crippen LogP contribution in [0.15, 0.2) is 47.7 Å². The first-order valence-corrected chi connectivity index (χ1v) is 8.93. The average molecular weight is 397 g/mol. The maximum Gasteiger partial charge on any atom is 0.283 e. The average Bonchev–Trinajstić information content (AvgIpc) is 3.07. The molecule has 8 heteroatoms. The van der Waals surface area contributed by atoms with Crippen molar-refractivity contribution in [3.05, 3.63) is 70.5 Å². The Morgan fingerprint density at radius 1 is 1.11 bits per heavy atom. The molecule has 0 fully saturated rings. The Kier molecular flexibility index (Phi) is 3.57. The SMILES string of the molecule is Cc1cnc(F)c(-c2ccc3c(c2)C2(COC(N)=N2)c2cc(Cl)ncc2O3)c1. The maximum atomic E-state index is 14.4. The van der Waals surface area contributed by atoms with E-state index in [9.17, 15) is 4.39 Å². The standard InChI is InChI=1S/C20H14ClFN4O2/c1-10-4-12(18(22)25-7-10)11-2-3-15-13(5-11)20(9-27-19(23)26-20)14-6-17(21)24-8-16(14)28-15/h2-8H,9H2,1H3,(H2,23,26). The maximum absolute atomic E-state index is 14.4. The van der Waals surface area contributed by atoms with Gasteiger partial charge in [-0.1, -0.05) is 17.7 Å². The molecule has 6 nitrogen and oxygen atoms in total. The molecule has 0 saturated carbocycles. The molecule has 0 radical (unpaired) electrons. The van der Waals surface area contributed by atoms with E-state index >= 15 is 0 Å². The van der Waals surface area contributed by atoms with E-state index in [-0.39, 0.29) is 12.6 Å². The van der Waals surface area contributed by atoms with Crippen LogP contribution in [-0.2, 0) is 10.3 Å². The van der Waals surface area contributed by atoms with E-state index < -0.39 is 11.5 Å². The Hall–Kier alpha value is -3.19. The highest BCUT2D eigenvalue weighted by molar-refractivity contribution is 6.29. The van der Waals surface area contributed by atoms with Crippen LogP contribution in [0.25, 0.3) is 11.1 Å². The van der Waals surface area contributed by atoms with Crippen LogP contribution in [0.1, 0.15) is 16.7 Å². The zero-order valence-corrected chi connectivity index (χ0v) is 15.5. The van der Waals surface area contributed by atoms with Gasteiger partial charge in [0.15, 0.2) is 11.3 Å². The fraction of sp³-hybridized carbons (Fsp3) is 0.150. The largest absolute Gasteiger partial charge is 0.462 e. The molecule has 2 aromatic heterocycles. The molecule has 0 saturated heterocycles. The van der Waals surface area contributed by atoms with Crippen LogP contribution in [0, 0.1) is 12.9 Å². The van der Waals surface area contributed by atoms with Gasteiger partial charge in [-0.3, -0.25) is 0 Å². The van der Waals surface area contributed by atoms with Crippen LogP contribution >= 0.6 is 11.6 Å². The van der Waals surface area contributed by atoms with Crippen molar-refractivity contribution in [3.63, 3.8) is 0 Å². The van der Waals surface area contributed by atoms with Gasteiger partial charge >= 0.3 is 0 Å². The monoisotopic (exact) mass is 396 g/mol. The first-order chi connectivity index (χ1) is 13.5. The minimum absolute atomic E-state index is 0.0699. The molecule has 3 aromatic rings. The van der Waals surface area contributed by atoms with E-state index in [0.717, 1.165) is 5.56 Å². The van der Waals surface area contributed by atoms with Crippen molar-refractivity contribution in [2.45, 2.75) is 12.5 Å². The summed E-state index contributed by atoms with van der Waals surface area (Å²) in [6, 6.07) is 8.89. The molecule has 1 unspecified atom stereocenters. The summed E-state index contributed by atoms with van der Waals surface area (Å²) < 4.78 is 25.9. The van der Waals surface area contributed by atoms with E-state index in [1.807, 2.05) is 13.0 Å². The van der Waals surface area contributed by atoms with Crippen molar-refractivity contribution >= 4 is 17.6 Å². The number of pyridine rings is 2. The van der Waals surface area contributed by atoms with E-state index in [1.165, 1.54) is 6.20 Å². The molecule has 28 heavy (non-hydrogen) atoms. The van der Waals surface area contributed by atoms with Gasteiger partial charge in [-0.05, 0) is 42.3 Å². The predicted octanol–water partition coefficient (Wildman–Crippen LogP) is 3.94. The Balaban J connectivity index is 1.76. The minimum Gasteiger partial charge on any atom is -0.462 e. The fourth-order valence-electron chi connectivity index (χ4n) is 3.66. The van der Waals surface area contributed by atoms with Crippen LogP contribution in [0.2, 0.25) is 5.15 Å². The van der Waals surface area contributed by atoms with Gasteiger partial charge in [-0.15, -0.1) is 0 Å². The Morgan fingerprint density at radius 3 is 2.71 bits per heavy atom. The molecule has 140 valence electrons. The lowest BCUT2D eigenvalue weighted by molar-refractivity contribution is 0.264. The van der Waals surface area contributed by atoms with Gasteiger partial charge in [0.25, 0.3) is 6.02 Å². The number of ether oxygens (including phenoxy) is 2. The number of nitrogens with two attached hydrogens (primary N) is 1. The molecular weight excluding hydrogens is 383 g/mol. The second-order valence-electron chi connectivity index (χ2n) is 6.77. The summed E-state index contributed by atoms with van der Waals surface area (Å²) in [5.74, 6) is 0.549. The first kappa shape index (κ1) is 16.9. The molecule has 5 rings (SSSR count). The molecule has 2 N–H and O–H groups in total. The molecule has 1 atom stereocenters. The minimum atomic E-state index is -0.941. The molecule has 0 aliphatic carbocycles. The summed E-state index contributed by atoms with van der Waals surface area (Å²) in [4.78, 5) is 12.5. The zero-order chi connectivity index (χ0) is 19.5. The summed E-state index contributed by atoms with van der Waals surface area (Å²) in [6.45, 7) is 2.04. The highest BCUT2D eigenvalue weighted by Gasteiger charge is 2.47. The van der Waals surface area contributed by atoms with Crippen LogP contribution in [0.5, 0.6) is 11.5 Å². The highest BCUT2D eigenvalue weighted by Crippen LogP contribution is 2.51. The van der Waals surface area contributed by atoms with Crippen molar-refractivity contribution in [3.8, 4) is 22.6 Å². The van der Waals surface area contributed by atoms with Crippen molar-refractivity contribution < 1.29 is 13.9 Å². The predicted molar refractivity (Wildman–Crippen MR) is 102 cm³/mol. The van der Waals surface area contributed by atoms with Crippen molar-refractivity contribution in [1.29, 1.82) is 0 Å². The lowest BCUT2D eigenvalue weighted by Crippen LogP contribution is -2.31. The first-order valence-electron chi connectivity index (χ1n) is 8.55. The summed E-state index contributed by atoms with van der Waals surface area (Å²) in [5.41, 5.74) is 8.22. The fourth-order valence-corrected chi connectivity index (χ4v) is 3.82. The number of nitrogens with zero attached hydrogens (tertiary/aromatic N) is 3. The van der Waals surface area contributed by atoms with Crippen LogP contribution in [-0.4, -0.2) is 22.6 Å². The third-order valence-electron chi connectivity index (χ3n) is 4.94. The molecule has 4 heterocycles. The number of amidine groups is 1. The second kappa shape index (κ2) is 5.90. The lowest BCUT2D eigenvalue weighted by Gasteiger charge is -2.33. The molecule has 1 spiro atoms. The topological polar surface area (TPSA) is 82.6 Å². The van der Waals surface area contributed by atoms with Crippen LogP contribution < -0.4 is 10.5 Å². The summed E-state index contributed by atoms with van der Waals surface area (Å²) in [5, 5.41) is 0.302.